The third kappa shape index (κ3) is 2.23. The van der Waals surface area contributed by atoms with Crippen molar-refractivity contribution in [1.82, 2.24) is 0 Å². The Kier molecular flexibility index (Phi) is 3.35. The van der Waals surface area contributed by atoms with E-state index in [9.17, 15) is 13.9 Å². The van der Waals surface area contributed by atoms with Crippen molar-refractivity contribution in [2.45, 2.75) is 12.8 Å². The van der Waals surface area contributed by atoms with Crippen LogP contribution in [0.1, 0.15) is 12.5 Å². The summed E-state index contributed by atoms with van der Waals surface area (Å²) in [5, 5.41) is 26.9. The monoisotopic (exact) mass is 228 g/mol. The van der Waals surface area contributed by atoms with Gasteiger partial charge in [-0.2, -0.15) is 8.78 Å². The predicted octanol–water partition coefficient (Wildman–Crippen LogP) is 0.740. The third-order valence-electron chi connectivity index (χ3n) is 2.21. The molecule has 0 amide bonds. The Bertz CT molecular complexity index is 419. The van der Waals surface area contributed by atoms with E-state index >= 15 is 0 Å². The van der Waals surface area contributed by atoms with Crippen LogP contribution in [0.15, 0.2) is 30.4 Å². The summed E-state index contributed by atoms with van der Waals surface area (Å²) in [5.74, 6) is -3.84. The second-order valence-electron chi connectivity index (χ2n) is 3.50. The van der Waals surface area contributed by atoms with Crippen molar-refractivity contribution < 1.29 is 23.9 Å². The Morgan fingerprint density at radius 3 is 2.31 bits per heavy atom. The van der Waals surface area contributed by atoms with Gasteiger partial charge in [-0.3, -0.25) is 0 Å². The van der Waals surface area contributed by atoms with E-state index in [-0.39, 0.29) is 11.0 Å². The third-order valence-corrected chi connectivity index (χ3v) is 2.21. The van der Waals surface area contributed by atoms with Crippen molar-refractivity contribution in [2.24, 2.45) is 0 Å². The molecule has 0 aliphatic heterocycles. The summed E-state index contributed by atoms with van der Waals surface area (Å²) in [4.78, 5) is 0. The fraction of sp³-hybridized carbons (Fsp3) is 0.200. The van der Waals surface area contributed by atoms with Crippen LogP contribution < -0.4 is 5.46 Å². The number of hydrogen-bond acceptors (Lipinski definition) is 3. The highest BCUT2D eigenvalue weighted by Crippen LogP contribution is 2.35. The Morgan fingerprint density at radius 1 is 1.38 bits per heavy atom. The molecule has 0 radical (unpaired) electrons. The predicted molar refractivity (Wildman–Crippen MR) is 56.6 cm³/mol. The maximum absolute atomic E-state index is 13.5. The van der Waals surface area contributed by atoms with Gasteiger partial charge in [0.25, 0.3) is 5.92 Å². The first kappa shape index (κ1) is 12.7. The number of aromatic hydroxyl groups is 1. The van der Waals surface area contributed by atoms with Crippen molar-refractivity contribution in [3.8, 4) is 5.75 Å². The molecule has 1 aromatic carbocycles. The minimum absolute atomic E-state index is 0.221. The topological polar surface area (TPSA) is 60.7 Å². The molecule has 0 atom stereocenters. The molecule has 0 aromatic heterocycles. The number of allylic oxidation sites excluding steroid dienone is 1. The zero-order chi connectivity index (χ0) is 12.5. The number of benzene rings is 1. The number of halogens is 2. The second kappa shape index (κ2) is 4.23. The molecular weight excluding hydrogens is 217 g/mol. The van der Waals surface area contributed by atoms with Crippen LogP contribution >= 0.6 is 0 Å². The molecule has 0 saturated carbocycles. The van der Waals surface area contributed by atoms with Crippen molar-refractivity contribution in [1.29, 1.82) is 0 Å². The van der Waals surface area contributed by atoms with E-state index in [4.69, 9.17) is 10.0 Å². The number of rotatable bonds is 3. The molecule has 6 heteroatoms. The Labute approximate surface area is 91.8 Å². The normalized spacial score (nSPS) is 11.3. The van der Waals surface area contributed by atoms with E-state index in [2.05, 4.69) is 6.58 Å². The minimum Gasteiger partial charge on any atom is -0.508 e. The molecule has 0 fully saturated rings. The lowest BCUT2D eigenvalue weighted by Gasteiger charge is -2.17. The summed E-state index contributed by atoms with van der Waals surface area (Å²) in [6, 6.07) is 2.85. The molecule has 0 bridgehead atoms. The number of phenolic OH excluding ortho intramolecular Hbond substituents is 1. The van der Waals surface area contributed by atoms with Crippen LogP contribution in [0.25, 0.3) is 0 Å². The molecule has 16 heavy (non-hydrogen) atoms. The summed E-state index contributed by atoms with van der Waals surface area (Å²) < 4.78 is 26.9. The van der Waals surface area contributed by atoms with Crippen LogP contribution in [-0.2, 0) is 5.92 Å². The van der Waals surface area contributed by atoms with Crippen LogP contribution in [0.5, 0.6) is 5.75 Å². The van der Waals surface area contributed by atoms with Crippen LogP contribution in [0.4, 0.5) is 8.78 Å². The lowest BCUT2D eigenvalue weighted by molar-refractivity contribution is 0.0383. The average Bonchev–Trinajstić information content (AvgIpc) is 2.16. The van der Waals surface area contributed by atoms with Gasteiger partial charge in [-0.05, 0) is 18.6 Å². The lowest BCUT2D eigenvalue weighted by Crippen LogP contribution is -2.30. The van der Waals surface area contributed by atoms with Crippen molar-refractivity contribution >= 4 is 12.6 Å². The van der Waals surface area contributed by atoms with Gasteiger partial charge < -0.3 is 15.2 Å². The van der Waals surface area contributed by atoms with E-state index in [1.54, 1.807) is 0 Å². The van der Waals surface area contributed by atoms with Crippen LogP contribution in [0.3, 0.4) is 0 Å². The highest BCUT2D eigenvalue weighted by Gasteiger charge is 2.33. The number of hydrogen-bond donors (Lipinski definition) is 3. The van der Waals surface area contributed by atoms with E-state index in [0.29, 0.717) is 0 Å². The Balaban J connectivity index is 3.21. The van der Waals surface area contributed by atoms with Crippen LogP contribution in [0, 0.1) is 0 Å². The first-order valence-corrected chi connectivity index (χ1v) is 4.50. The zero-order valence-electron chi connectivity index (χ0n) is 8.61. The second-order valence-corrected chi connectivity index (χ2v) is 3.50. The van der Waals surface area contributed by atoms with E-state index in [1.165, 1.54) is 6.92 Å². The highest BCUT2D eigenvalue weighted by atomic mass is 19.3. The van der Waals surface area contributed by atoms with E-state index in [1.807, 2.05) is 0 Å². The molecule has 0 spiro atoms. The molecule has 0 aliphatic rings. The number of phenols is 1. The maximum atomic E-state index is 13.5. The van der Waals surface area contributed by atoms with E-state index in [0.717, 1.165) is 18.2 Å². The first-order valence-electron chi connectivity index (χ1n) is 4.50. The largest absolute Gasteiger partial charge is 0.508 e. The van der Waals surface area contributed by atoms with Crippen LogP contribution in [-0.4, -0.2) is 22.3 Å². The van der Waals surface area contributed by atoms with E-state index < -0.39 is 24.4 Å². The molecule has 0 saturated heterocycles. The van der Waals surface area contributed by atoms with Crippen molar-refractivity contribution in [3.63, 3.8) is 0 Å². The fourth-order valence-corrected chi connectivity index (χ4v) is 1.20. The van der Waals surface area contributed by atoms with Gasteiger partial charge in [-0.1, -0.05) is 18.7 Å². The molecule has 3 N–H and O–H groups in total. The van der Waals surface area contributed by atoms with Gasteiger partial charge in [0, 0.05) is 11.0 Å². The van der Waals surface area contributed by atoms with Gasteiger partial charge >= 0.3 is 7.12 Å². The lowest BCUT2D eigenvalue weighted by atomic mass is 9.78. The first-order chi connectivity index (χ1) is 7.26. The van der Waals surface area contributed by atoms with Crippen molar-refractivity contribution in [3.05, 3.63) is 35.9 Å². The molecule has 0 unspecified atom stereocenters. The van der Waals surface area contributed by atoms with Gasteiger partial charge in [0.2, 0.25) is 0 Å². The van der Waals surface area contributed by atoms with Gasteiger partial charge in [0.15, 0.2) is 0 Å². The summed E-state index contributed by atoms with van der Waals surface area (Å²) in [6.07, 6.45) is 0. The van der Waals surface area contributed by atoms with Gasteiger partial charge in [-0.25, -0.2) is 0 Å². The fourth-order valence-electron chi connectivity index (χ4n) is 1.20. The molecule has 1 rings (SSSR count). The van der Waals surface area contributed by atoms with Gasteiger partial charge in [0.1, 0.15) is 5.75 Å². The maximum Gasteiger partial charge on any atom is 0.492 e. The summed E-state index contributed by atoms with van der Waals surface area (Å²) >= 11 is 0. The SMILES string of the molecule is C=C(C)C(F)(F)c1ccc(B(O)O)c(O)c1. The Hall–Kier alpha value is -1.40. The zero-order valence-corrected chi connectivity index (χ0v) is 8.61. The smallest absolute Gasteiger partial charge is 0.492 e. The van der Waals surface area contributed by atoms with Gasteiger partial charge in [0.05, 0.1) is 0 Å². The van der Waals surface area contributed by atoms with Crippen molar-refractivity contribution in [2.75, 3.05) is 0 Å². The quantitative estimate of drug-likeness (QED) is 0.528. The molecule has 0 aliphatic carbocycles. The molecule has 1 aromatic rings. The summed E-state index contributed by atoms with van der Waals surface area (Å²) in [6.45, 7) is 4.33. The summed E-state index contributed by atoms with van der Waals surface area (Å²) in [5.41, 5.74) is -1.02. The highest BCUT2D eigenvalue weighted by molar-refractivity contribution is 6.59. The Morgan fingerprint density at radius 2 is 1.94 bits per heavy atom. The molecule has 0 heterocycles. The van der Waals surface area contributed by atoms with Crippen LogP contribution in [0.2, 0.25) is 0 Å². The molecular formula is C10H11BF2O3. The molecule has 3 nitrogen and oxygen atoms in total. The average molecular weight is 228 g/mol. The minimum atomic E-state index is -3.25. The standard InChI is InChI=1S/C10H11BF2O3/c1-6(2)10(12,13)7-3-4-8(11(15)16)9(14)5-7/h3-5,14-16H,1H2,2H3. The number of alkyl halides is 2. The van der Waals surface area contributed by atoms with Gasteiger partial charge in [-0.15, -0.1) is 0 Å². The molecule has 86 valence electrons. The summed E-state index contributed by atoms with van der Waals surface area (Å²) in [7, 11) is -1.90.